The van der Waals surface area contributed by atoms with Crippen molar-refractivity contribution >= 4 is 11.9 Å². The van der Waals surface area contributed by atoms with E-state index in [0.29, 0.717) is 17.9 Å². The van der Waals surface area contributed by atoms with Crippen LogP contribution in [-0.4, -0.2) is 43.7 Å². The normalized spacial score (nSPS) is 27.2. The molecule has 1 saturated heterocycles. The van der Waals surface area contributed by atoms with Crippen molar-refractivity contribution in [1.82, 2.24) is 14.7 Å². The van der Waals surface area contributed by atoms with Gasteiger partial charge in [0.2, 0.25) is 0 Å². The molecule has 2 aliphatic rings. The summed E-state index contributed by atoms with van der Waals surface area (Å²) in [5.41, 5.74) is 1.12. The van der Waals surface area contributed by atoms with E-state index >= 15 is 0 Å². The van der Waals surface area contributed by atoms with Crippen molar-refractivity contribution in [2.24, 2.45) is 5.92 Å². The number of hydrogen-bond acceptors (Lipinski definition) is 3. The number of hydrogen-bond donors (Lipinski definition) is 1. The number of aromatic nitrogens is 2. The van der Waals surface area contributed by atoms with E-state index in [9.17, 15) is 14.7 Å². The van der Waals surface area contributed by atoms with Crippen LogP contribution in [-0.2, 0) is 10.3 Å². The third kappa shape index (κ3) is 2.72. The smallest absolute Gasteiger partial charge is 0.326 e. The number of carboxylic acid groups (broad SMARTS) is 1. The largest absolute Gasteiger partial charge is 0.480 e. The van der Waals surface area contributed by atoms with Crippen LogP contribution >= 0.6 is 0 Å². The molecule has 1 aromatic heterocycles. The third-order valence-corrected chi connectivity index (χ3v) is 5.48. The molecule has 2 heterocycles. The number of carbonyl (C=O) groups is 2. The molecule has 1 aliphatic heterocycles. The highest BCUT2D eigenvalue weighted by Crippen LogP contribution is 2.40. The predicted molar refractivity (Wildman–Crippen MR) is 89.9 cm³/mol. The van der Waals surface area contributed by atoms with Gasteiger partial charge >= 0.3 is 5.97 Å². The van der Waals surface area contributed by atoms with Gasteiger partial charge in [-0.15, -0.1) is 0 Å². The van der Waals surface area contributed by atoms with Crippen LogP contribution < -0.4 is 0 Å². The minimum Gasteiger partial charge on any atom is -0.480 e. The highest BCUT2D eigenvalue weighted by molar-refractivity contribution is 5.98. The second-order valence-corrected chi connectivity index (χ2v) is 8.14. The van der Waals surface area contributed by atoms with Gasteiger partial charge in [0.05, 0.1) is 17.3 Å². The van der Waals surface area contributed by atoms with Crippen LogP contribution in [0.25, 0.3) is 0 Å². The first-order chi connectivity index (χ1) is 11.2. The zero-order valence-corrected chi connectivity index (χ0v) is 15.0. The van der Waals surface area contributed by atoms with Gasteiger partial charge in [0.25, 0.3) is 5.91 Å². The molecule has 24 heavy (non-hydrogen) atoms. The highest BCUT2D eigenvalue weighted by Gasteiger charge is 2.48. The van der Waals surface area contributed by atoms with Gasteiger partial charge in [-0.1, -0.05) is 12.8 Å². The Labute approximate surface area is 142 Å². The first-order valence-corrected chi connectivity index (χ1v) is 8.82. The molecule has 0 spiro atoms. The van der Waals surface area contributed by atoms with Crippen LogP contribution in [0.4, 0.5) is 0 Å². The fourth-order valence-electron chi connectivity index (χ4n) is 4.41. The number of carbonyl (C=O) groups excluding carboxylic acids is 1. The molecule has 1 N–H and O–H groups in total. The Morgan fingerprint density at radius 1 is 1.25 bits per heavy atom. The maximum Gasteiger partial charge on any atom is 0.326 e. The van der Waals surface area contributed by atoms with Crippen LogP contribution in [0, 0.1) is 12.8 Å². The SMILES string of the molecule is Cc1c(C(=O)N2[C@@H]3CCCC[C@@H]3C[C@H]2C(=O)O)cnn1C(C)(C)C. The van der Waals surface area contributed by atoms with Crippen molar-refractivity contribution in [2.75, 3.05) is 0 Å². The van der Waals surface area contributed by atoms with Gasteiger partial charge in [0, 0.05) is 11.7 Å². The van der Waals surface area contributed by atoms with E-state index in [0.717, 1.165) is 31.4 Å². The summed E-state index contributed by atoms with van der Waals surface area (Å²) in [4.78, 5) is 26.6. The summed E-state index contributed by atoms with van der Waals surface area (Å²) in [6.07, 6.45) is 6.31. The number of carboxylic acids is 1. The summed E-state index contributed by atoms with van der Waals surface area (Å²) < 4.78 is 1.84. The lowest BCUT2D eigenvalue weighted by Gasteiger charge is -2.33. The number of aliphatic carboxylic acids is 1. The summed E-state index contributed by atoms with van der Waals surface area (Å²) in [6.45, 7) is 7.99. The summed E-state index contributed by atoms with van der Waals surface area (Å²) in [6, 6.07) is -0.646. The molecule has 1 amide bonds. The number of amides is 1. The Morgan fingerprint density at radius 2 is 1.92 bits per heavy atom. The highest BCUT2D eigenvalue weighted by atomic mass is 16.4. The van der Waals surface area contributed by atoms with Gasteiger partial charge in [0.1, 0.15) is 6.04 Å². The van der Waals surface area contributed by atoms with E-state index in [1.54, 1.807) is 11.1 Å². The van der Waals surface area contributed by atoms with Crippen LogP contribution in [0.3, 0.4) is 0 Å². The molecule has 3 rings (SSSR count). The van der Waals surface area contributed by atoms with Gasteiger partial charge in [0.15, 0.2) is 0 Å². The summed E-state index contributed by atoms with van der Waals surface area (Å²) in [5.74, 6) is -0.745. The molecular weight excluding hydrogens is 306 g/mol. The van der Waals surface area contributed by atoms with Crippen molar-refractivity contribution in [3.8, 4) is 0 Å². The molecule has 1 saturated carbocycles. The fraction of sp³-hybridized carbons (Fsp3) is 0.722. The monoisotopic (exact) mass is 333 g/mol. The molecular formula is C18H27N3O3. The van der Waals surface area contributed by atoms with Crippen LogP contribution in [0.2, 0.25) is 0 Å². The quantitative estimate of drug-likeness (QED) is 0.903. The Kier molecular flexibility index (Phi) is 4.18. The zero-order chi connectivity index (χ0) is 17.6. The van der Waals surface area contributed by atoms with Crippen LogP contribution in [0.5, 0.6) is 0 Å². The molecule has 0 unspecified atom stereocenters. The number of rotatable bonds is 2. The molecule has 6 heteroatoms. The first kappa shape index (κ1) is 17.0. The van der Waals surface area contributed by atoms with E-state index in [-0.39, 0.29) is 17.5 Å². The molecule has 2 fully saturated rings. The van der Waals surface area contributed by atoms with Gasteiger partial charge < -0.3 is 10.0 Å². The lowest BCUT2D eigenvalue weighted by molar-refractivity contribution is -0.141. The average Bonchev–Trinajstić information content (AvgIpc) is 3.06. The van der Waals surface area contributed by atoms with Gasteiger partial charge in [-0.2, -0.15) is 5.10 Å². The maximum atomic E-state index is 13.2. The predicted octanol–water partition coefficient (Wildman–Crippen LogP) is 2.80. The average molecular weight is 333 g/mol. The molecule has 3 atom stereocenters. The Balaban J connectivity index is 1.95. The molecule has 0 bridgehead atoms. The van der Waals surface area contributed by atoms with E-state index in [2.05, 4.69) is 5.10 Å². The molecule has 6 nitrogen and oxygen atoms in total. The van der Waals surface area contributed by atoms with E-state index in [1.807, 2.05) is 32.4 Å². The summed E-state index contributed by atoms with van der Waals surface area (Å²) in [7, 11) is 0. The zero-order valence-electron chi connectivity index (χ0n) is 15.0. The van der Waals surface area contributed by atoms with E-state index in [1.165, 1.54) is 0 Å². The van der Waals surface area contributed by atoms with Crippen molar-refractivity contribution < 1.29 is 14.7 Å². The molecule has 1 aliphatic carbocycles. The minimum atomic E-state index is -0.890. The van der Waals surface area contributed by atoms with Gasteiger partial charge in [-0.25, -0.2) is 4.79 Å². The van der Waals surface area contributed by atoms with Gasteiger partial charge in [-0.05, 0) is 52.9 Å². The van der Waals surface area contributed by atoms with Crippen molar-refractivity contribution in [3.63, 3.8) is 0 Å². The lowest BCUT2D eigenvalue weighted by atomic mass is 9.84. The first-order valence-electron chi connectivity index (χ1n) is 8.82. The number of nitrogens with zero attached hydrogens (tertiary/aromatic N) is 3. The fourth-order valence-corrected chi connectivity index (χ4v) is 4.41. The molecule has 132 valence electrons. The summed E-state index contributed by atoms with van der Waals surface area (Å²) in [5, 5.41) is 14.0. The van der Waals surface area contributed by atoms with Crippen molar-refractivity contribution in [3.05, 3.63) is 17.5 Å². The standard InChI is InChI=1S/C18H27N3O3/c1-11-13(10-19-21(11)18(2,3)4)16(22)20-14-8-6-5-7-12(14)9-15(20)17(23)24/h10,12,14-15H,5-9H2,1-4H3,(H,23,24)/t12-,14-,15+/m1/s1. The van der Waals surface area contributed by atoms with Crippen LogP contribution in [0.15, 0.2) is 6.20 Å². The third-order valence-electron chi connectivity index (χ3n) is 5.48. The van der Waals surface area contributed by atoms with E-state index in [4.69, 9.17) is 0 Å². The maximum absolute atomic E-state index is 13.2. The molecule has 0 aromatic carbocycles. The molecule has 1 aromatic rings. The number of fused-ring (bicyclic) bond motifs is 1. The lowest BCUT2D eigenvalue weighted by Crippen LogP contribution is -2.46. The molecule has 0 radical (unpaired) electrons. The topological polar surface area (TPSA) is 75.4 Å². The van der Waals surface area contributed by atoms with Crippen molar-refractivity contribution in [2.45, 2.75) is 77.4 Å². The second kappa shape index (κ2) is 5.90. The van der Waals surface area contributed by atoms with Crippen molar-refractivity contribution in [1.29, 1.82) is 0 Å². The summed E-state index contributed by atoms with van der Waals surface area (Å²) >= 11 is 0. The van der Waals surface area contributed by atoms with E-state index < -0.39 is 12.0 Å². The van der Waals surface area contributed by atoms with Gasteiger partial charge in [-0.3, -0.25) is 9.48 Å². The second-order valence-electron chi connectivity index (χ2n) is 8.14. The Bertz CT molecular complexity index is 659. The Morgan fingerprint density at radius 3 is 2.50 bits per heavy atom. The van der Waals surface area contributed by atoms with Crippen LogP contribution in [0.1, 0.15) is 68.9 Å². The number of likely N-dealkylation sites (tertiary alicyclic amines) is 1. The minimum absolute atomic E-state index is 0.0599. The Hall–Kier alpha value is -1.85.